The maximum Gasteiger partial charge on any atom is 0.0352 e. The van der Waals surface area contributed by atoms with Gasteiger partial charge in [-0.15, -0.1) is 0 Å². The summed E-state index contributed by atoms with van der Waals surface area (Å²) in [4.78, 5) is 0. The molecule has 3 rings (SSSR count). The molecule has 0 saturated heterocycles. The molecule has 1 heteroatoms. The van der Waals surface area contributed by atoms with Crippen LogP contribution in [-0.2, 0) is 6.42 Å². The number of hydrogen-bond acceptors (Lipinski definition) is 1. The molecule has 2 aliphatic rings. The molecule has 0 bridgehead atoms. The summed E-state index contributed by atoms with van der Waals surface area (Å²) in [6, 6.07) is 7.51. The van der Waals surface area contributed by atoms with Gasteiger partial charge in [-0.1, -0.05) is 31.5 Å². The van der Waals surface area contributed by atoms with Crippen LogP contribution in [0.2, 0.25) is 0 Å². The Hall–Kier alpha value is -0.820. The van der Waals surface area contributed by atoms with Gasteiger partial charge in [-0.05, 0) is 54.8 Å². The third-order valence-corrected chi connectivity index (χ3v) is 4.62. The lowest BCUT2D eigenvalue weighted by Gasteiger charge is -2.20. The maximum absolute atomic E-state index is 3.51. The maximum atomic E-state index is 3.51. The van der Waals surface area contributed by atoms with Gasteiger partial charge >= 0.3 is 0 Å². The molecule has 0 spiro atoms. The van der Waals surface area contributed by atoms with Crippen molar-refractivity contribution in [2.75, 3.05) is 7.05 Å². The fourth-order valence-electron chi connectivity index (χ4n) is 3.86. The van der Waals surface area contributed by atoms with E-state index in [1.807, 2.05) is 0 Å². The van der Waals surface area contributed by atoms with Gasteiger partial charge in [-0.3, -0.25) is 0 Å². The van der Waals surface area contributed by atoms with Gasteiger partial charge in [0.1, 0.15) is 0 Å². The van der Waals surface area contributed by atoms with Gasteiger partial charge in [0, 0.05) is 6.04 Å². The molecule has 16 heavy (non-hydrogen) atoms. The fraction of sp³-hybridized carbons (Fsp3) is 0.600. The molecule has 86 valence electrons. The van der Waals surface area contributed by atoms with Gasteiger partial charge in [-0.2, -0.15) is 0 Å². The lowest BCUT2D eigenvalue weighted by atomic mass is 9.88. The van der Waals surface area contributed by atoms with Crippen LogP contribution in [0.25, 0.3) is 0 Å². The minimum absolute atomic E-state index is 0.582. The number of benzene rings is 1. The number of hydrogen-bond donors (Lipinski definition) is 1. The van der Waals surface area contributed by atoms with Crippen molar-refractivity contribution in [1.82, 2.24) is 5.32 Å². The van der Waals surface area contributed by atoms with Crippen LogP contribution in [0.3, 0.4) is 0 Å². The number of aryl methyl sites for hydroxylation is 1. The van der Waals surface area contributed by atoms with Crippen molar-refractivity contribution in [3.8, 4) is 0 Å². The lowest BCUT2D eigenvalue weighted by molar-refractivity contribution is 0.369. The molecule has 1 N–H and O–H groups in total. The average molecular weight is 215 g/mol. The monoisotopic (exact) mass is 215 g/mol. The summed E-state index contributed by atoms with van der Waals surface area (Å²) < 4.78 is 0. The molecular formula is C15H21N. The molecule has 3 atom stereocenters. The molecule has 0 radical (unpaired) electrons. The minimum Gasteiger partial charge on any atom is -0.313 e. The Morgan fingerprint density at radius 1 is 1.25 bits per heavy atom. The van der Waals surface area contributed by atoms with Gasteiger partial charge in [0.25, 0.3) is 0 Å². The quantitative estimate of drug-likeness (QED) is 0.757. The predicted molar refractivity (Wildman–Crippen MR) is 67.7 cm³/mol. The summed E-state index contributed by atoms with van der Waals surface area (Å²) in [5, 5.41) is 3.51. The topological polar surface area (TPSA) is 12.0 Å². The molecule has 0 aromatic heterocycles. The number of nitrogens with one attached hydrogen (secondary N) is 1. The SMILES string of the molecule is CNC1c2cccc3c2C(CCCC3)C1C. The van der Waals surface area contributed by atoms with Crippen molar-refractivity contribution in [3.05, 3.63) is 34.9 Å². The molecule has 0 fully saturated rings. The highest BCUT2D eigenvalue weighted by molar-refractivity contribution is 5.45. The molecule has 3 unspecified atom stereocenters. The smallest absolute Gasteiger partial charge is 0.0352 e. The van der Waals surface area contributed by atoms with Crippen molar-refractivity contribution >= 4 is 0 Å². The van der Waals surface area contributed by atoms with E-state index in [1.165, 1.54) is 25.7 Å². The summed E-state index contributed by atoms with van der Waals surface area (Å²) >= 11 is 0. The molecule has 1 aromatic carbocycles. The van der Waals surface area contributed by atoms with E-state index in [0.29, 0.717) is 6.04 Å². The Kier molecular flexibility index (Phi) is 2.51. The van der Waals surface area contributed by atoms with Crippen molar-refractivity contribution in [2.24, 2.45) is 5.92 Å². The number of rotatable bonds is 1. The Morgan fingerprint density at radius 2 is 2.12 bits per heavy atom. The summed E-state index contributed by atoms with van der Waals surface area (Å²) in [5.41, 5.74) is 4.91. The second-order valence-corrected chi connectivity index (χ2v) is 5.40. The Morgan fingerprint density at radius 3 is 2.94 bits per heavy atom. The van der Waals surface area contributed by atoms with Crippen LogP contribution in [0.4, 0.5) is 0 Å². The zero-order valence-corrected chi connectivity index (χ0v) is 10.3. The van der Waals surface area contributed by atoms with E-state index in [1.54, 1.807) is 16.7 Å². The van der Waals surface area contributed by atoms with E-state index in [-0.39, 0.29) is 0 Å². The van der Waals surface area contributed by atoms with Crippen LogP contribution >= 0.6 is 0 Å². The van der Waals surface area contributed by atoms with Gasteiger partial charge in [0.15, 0.2) is 0 Å². The largest absolute Gasteiger partial charge is 0.313 e. The van der Waals surface area contributed by atoms with Crippen molar-refractivity contribution in [3.63, 3.8) is 0 Å². The van der Waals surface area contributed by atoms with E-state index < -0.39 is 0 Å². The van der Waals surface area contributed by atoms with Crippen molar-refractivity contribution < 1.29 is 0 Å². The van der Waals surface area contributed by atoms with Crippen molar-refractivity contribution in [2.45, 2.75) is 44.6 Å². The van der Waals surface area contributed by atoms with Crippen LogP contribution < -0.4 is 5.32 Å². The molecule has 0 amide bonds. The van der Waals surface area contributed by atoms with Gasteiger partial charge in [0.05, 0.1) is 0 Å². The fourth-order valence-corrected chi connectivity index (χ4v) is 3.86. The lowest BCUT2D eigenvalue weighted by Crippen LogP contribution is -2.20. The first kappa shape index (κ1) is 10.3. The first-order valence-corrected chi connectivity index (χ1v) is 6.62. The molecular weight excluding hydrogens is 194 g/mol. The summed E-state index contributed by atoms with van der Waals surface area (Å²) in [6.45, 7) is 2.42. The second-order valence-electron chi connectivity index (χ2n) is 5.40. The Bertz CT molecular complexity index is 396. The van der Waals surface area contributed by atoms with Crippen LogP contribution in [0.15, 0.2) is 18.2 Å². The third-order valence-electron chi connectivity index (χ3n) is 4.62. The third kappa shape index (κ3) is 1.34. The van der Waals surface area contributed by atoms with E-state index >= 15 is 0 Å². The van der Waals surface area contributed by atoms with Gasteiger partial charge in [0.2, 0.25) is 0 Å². The predicted octanol–water partition coefficient (Wildman–Crippen LogP) is 3.41. The highest BCUT2D eigenvalue weighted by Crippen LogP contribution is 2.49. The highest BCUT2D eigenvalue weighted by atomic mass is 14.9. The first-order valence-electron chi connectivity index (χ1n) is 6.62. The van der Waals surface area contributed by atoms with E-state index in [0.717, 1.165) is 11.8 Å². The van der Waals surface area contributed by atoms with E-state index in [4.69, 9.17) is 0 Å². The summed E-state index contributed by atoms with van der Waals surface area (Å²) in [6.07, 6.45) is 5.47. The minimum atomic E-state index is 0.582. The second kappa shape index (κ2) is 3.89. The zero-order chi connectivity index (χ0) is 11.1. The molecule has 1 aromatic rings. The van der Waals surface area contributed by atoms with Gasteiger partial charge in [-0.25, -0.2) is 0 Å². The van der Waals surface area contributed by atoms with Gasteiger partial charge < -0.3 is 5.32 Å². The molecule has 0 saturated carbocycles. The summed E-state index contributed by atoms with van der Waals surface area (Å²) in [5.74, 6) is 1.57. The van der Waals surface area contributed by atoms with Crippen LogP contribution in [-0.4, -0.2) is 7.05 Å². The normalized spacial score (nSPS) is 32.2. The van der Waals surface area contributed by atoms with Crippen LogP contribution in [0.1, 0.15) is 54.8 Å². The van der Waals surface area contributed by atoms with Crippen LogP contribution in [0, 0.1) is 5.92 Å². The molecule has 0 aliphatic heterocycles. The first-order chi connectivity index (χ1) is 7.83. The highest BCUT2D eigenvalue weighted by Gasteiger charge is 2.38. The van der Waals surface area contributed by atoms with Crippen molar-refractivity contribution in [1.29, 1.82) is 0 Å². The summed E-state index contributed by atoms with van der Waals surface area (Å²) in [7, 11) is 2.10. The standard InChI is InChI=1S/C15H21N/c1-10-12-8-4-3-6-11-7-5-9-13(14(11)12)15(10)16-2/h5,7,9-10,12,15-16H,3-4,6,8H2,1-2H3. The molecule has 2 aliphatic carbocycles. The molecule has 1 nitrogen and oxygen atoms in total. The van der Waals surface area contributed by atoms with Crippen LogP contribution in [0.5, 0.6) is 0 Å². The Labute approximate surface area is 98.3 Å². The Balaban J connectivity index is 2.15. The average Bonchev–Trinajstić information content (AvgIpc) is 2.48. The molecule has 0 heterocycles. The van der Waals surface area contributed by atoms with E-state index in [2.05, 4.69) is 37.5 Å². The van der Waals surface area contributed by atoms with E-state index in [9.17, 15) is 0 Å². The zero-order valence-electron chi connectivity index (χ0n) is 10.3.